The number of benzene rings is 4. The first-order valence-corrected chi connectivity index (χ1v) is 13.3. The number of hydrogen-bond acceptors (Lipinski definition) is 8. The van der Waals surface area contributed by atoms with Crippen molar-refractivity contribution in [2.75, 3.05) is 21.0 Å². The average Bonchev–Trinajstić information content (AvgIpc) is 3.51. The minimum atomic E-state index is -4.58. The Bertz CT molecular complexity index is 1930. The number of ether oxygens (including phenoxy) is 5. The number of halogens is 3. The van der Waals surface area contributed by atoms with Crippen LogP contribution in [0.3, 0.4) is 0 Å². The molecule has 1 aromatic heterocycles. The summed E-state index contributed by atoms with van der Waals surface area (Å²) in [6, 6.07) is 19.8. The van der Waals surface area contributed by atoms with Gasteiger partial charge in [-0.15, -0.1) is 0 Å². The van der Waals surface area contributed by atoms with Gasteiger partial charge in [0.2, 0.25) is 12.5 Å². The second-order valence-electron chi connectivity index (χ2n) is 9.62. The summed E-state index contributed by atoms with van der Waals surface area (Å²) in [5.41, 5.74) is 0.255. The van der Waals surface area contributed by atoms with Crippen LogP contribution in [-0.2, 0) is 12.8 Å². The molecule has 224 valence electrons. The van der Waals surface area contributed by atoms with E-state index >= 15 is 0 Å². The van der Waals surface area contributed by atoms with Gasteiger partial charge in [-0.2, -0.15) is 22.9 Å². The highest BCUT2D eigenvalue weighted by Crippen LogP contribution is 2.40. The molecule has 0 fully saturated rings. The predicted octanol–water partition coefficient (Wildman–Crippen LogP) is 6.29. The fourth-order valence-corrected chi connectivity index (χ4v) is 4.68. The predicted molar refractivity (Wildman–Crippen MR) is 156 cm³/mol. The van der Waals surface area contributed by atoms with Crippen molar-refractivity contribution in [1.29, 1.82) is 0 Å². The van der Waals surface area contributed by atoms with Gasteiger partial charge in [-0.3, -0.25) is 4.79 Å². The smallest absolute Gasteiger partial charge is 0.416 e. The Labute approximate surface area is 248 Å². The van der Waals surface area contributed by atoms with Crippen molar-refractivity contribution >= 4 is 17.1 Å². The van der Waals surface area contributed by atoms with Crippen molar-refractivity contribution in [3.05, 3.63) is 106 Å². The highest BCUT2D eigenvalue weighted by molar-refractivity contribution is 5.84. The zero-order valence-corrected chi connectivity index (χ0v) is 23.4. The molecule has 1 aliphatic heterocycles. The molecule has 0 aliphatic carbocycles. The van der Waals surface area contributed by atoms with Crippen LogP contribution in [0.4, 0.5) is 13.2 Å². The molecule has 0 unspecified atom stereocenters. The molecule has 6 rings (SSSR count). The Morgan fingerprint density at radius 2 is 1.68 bits per heavy atom. The Balaban J connectivity index is 1.37. The van der Waals surface area contributed by atoms with Crippen LogP contribution in [0.25, 0.3) is 22.3 Å². The van der Waals surface area contributed by atoms with Crippen molar-refractivity contribution in [2.45, 2.75) is 12.8 Å². The maximum atomic E-state index is 13.5. The van der Waals surface area contributed by atoms with E-state index in [1.54, 1.807) is 42.5 Å². The van der Waals surface area contributed by atoms with E-state index in [9.17, 15) is 18.0 Å². The van der Waals surface area contributed by atoms with E-state index in [2.05, 4.69) is 10.1 Å². The van der Waals surface area contributed by atoms with E-state index < -0.39 is 17.3 Å². The lowest BCUT2D eigenvalue weighted by Crippen LogP contribution is -2.20. The number of para-hydroxylation sites is 1. The highest BCUT2D eigenvalue weighted by atomic mass is 19.4. The average molecular weight is 604 g/mol. The maximum absolute atomic E-state index is 13.5. The van der Waals surface area contributed by atoms with Gasteiger partial charge in [0.1, 0.15) is 6.61 Å². The van der Waals surface area contributed by atoms with Crippen LogP contribution in [0.2, 0.25) is 0 Å². The van der Waals surface area contributed by atoms with Gasteiger partial charge >= 0.3 is 6.18 Å². The third-order valence-corrected chi connectivity index (χ3v) is 6.83. The van der Waals surface area contributed by atoms with E-state index in [1.807, 2.05) is 12.1 Å². The topological polar surface area (TPSA) is 93.4 Å². The van der Waals surface area contributed by atoms with E-state index in [0.717, 1.165) is 22.4 Å². The molecular weight excluding hydrogens is 579 g/mol. The summed E-state index contributed by atoms with van der Waals surface area (Å²) >= 11 is 0. The van der Waals surface area contributed by atoms with Crippen LogP contribution in [-0.4, -0.2) is 36.9 Å². The van der Waals surface area contributed by atoms with Crippen LogP contribution in [0.1, 0.15) is 16.7 Å². The summed E-state index contributed by atoms with van der Waals surface area (Å²) in [7, 11) is 2.93. The largest absolute Gasteiger partial charge is 0.493 e. The van der Waals surface area contributed by atoms with E-state index in [0.29, 0.717) is 39.8 Å². The number of alkyl halides is 3. The zero-order valence-electron chi connectivity index (χ0n) is 23.4. The second-order valence-corrected chi connectivity index (χ2v) is 9.62. The Hall–Kier alpha value is -5.52. The number of hydrogen-bond donors (Lipinski definition) is 0. The molecule has 2 heterocycles. The first-order valence-electron chi connectivity index (χ1n) is 13.3. The summed E-state index contributed by atoms with van der Waals surface area (Å²) in [6.07, 6.45) is -3.22. The molecule has 0 spiro atoms. The van der Waals surface area contributed by atoms with Crippen molar-refractivity contribution in [3.63, 3.8) is 0 Å². The molecule has 4 aromatic carbocycles. The van der Waals surface area contributed by atoms with Crippen LogP contribution < -0.4 is 29.2 Å². The summed E-state index contributed by atoms with van der Waals surface area (Å²) in [6.45, 7) is 0.336. The lowest BCUT2D eigenvalue weighted by Gasteiger charge is -2.16. The third kappa shape index (κ3) is 5.61. The number of fused-ring (bicyclic) bond motifs is 2. The van der Waals surface area contributed by atoms with Gasteiger partial charge in [0.05, 0.1) is 36.9 Å². The number of nitrogens with zero attached hydrogens (tertiary/aromatic N) is 3. The molecule has 0 saturated carbocycles. The van der Waals surface area contributed by atoms with E-state index in [-0.39, 0.29) is 30.2 Å². The molecule has 0 N–H and O–H groups in total. The fraction of sp³-hybridized carbons (Fsp3) is 0.156. The molecule has 0 radical (unpaired) electrons. The van der Waals surface area contributed by atoms with Gasteiger partial charge in [-0.25, -0.2) is 4.98 Å². The molecule has 44 heavy (non-hydrogen) atoms. The van der Waals surface area contributed by atoms with Gasteiger partial charge in [0.25, 0.3) is 5.56 Å². The van der Waals surface area contributed by atoms with E-state index in [1.165, 1.54) is 32.6 Å². The normalized spacial score (nSPS) is 12.6. The highest BCUT2D eigenvalue weighted by Gasteiger charge is 2.31. The molecule has 0 saturated heterocycles. The number of aromatic nitrogens is 2. The summed E-state index contributed by atoms with van der Waals surface area (Å²) in [4.78, 5) is 18.0. The monoisotopic (exact) mass is 603 g/mol. The standard InChI is InChI=1S/C32H24F3N3O6/c1-40-27-13-20(14-28(41-2)29(27)42-17-19-10-11-25-26(12-19)44-18-43-25)16-36-38-30(21-6-5-7-22(15-21)32(33,34)35)37-24-9-4-3-8-23(24)31(38)39/h3-16H,17-18H2,1-2H3. The summed E-state index contributed by atoms with van der Waals surface area (Å²) < 4.78 is 69.4. The second kappa shape index (κ2) is 11.6. The van der Waals surface area contributed by atoms with Crippen LogP contribution >= 0.6 is 0 Å². The van der Waals surface area contributed by atoms with Crippen molar-refractivity contribution < 1.29 is 36.9 Å². The summed E-state index contributed by atoms with van der Waals surface area (Å²) in [5, 5.41) is 4.61. The van der Waals surface area contributed by atoms with Crippen molar-refractivity contribution in [2.24, 2.45) is 5.10 Å². The molecule has 5 aromatic rings. The van der Waals surface area contributed by atoms with Gasteiger partial charge < -0.3 is 23.7 Å². The SMILES string of the molecule is COc1cc(C=Nn2c(-c3cccc(C(F)(F)F)c3)nc3ccccc3c2=O)cc(OC)c1OCc1ccc2c(c1)OCO2. The van der Waals surface area contributed by atoms with Gasteiger partial charge in [0.15, 0.2) is 28.8 Å². The van der Waals surface area contributed by atoms with Crippen molar-refractivity contribution in [1.82, 2.24) is 9.66 Å². The van der Waals surface area contributed by atoms with Crippen LogP contribution in [0, 0.1) is 0 Å². The number of methoxy groups -OCH3 is 2. The molecular formula is C32H24F3N3O6. The van der Waals surface area contributed by atoms with Gasteiger partial charge in [0, 0.05) is 11.1 Å². The molecule has 0 amide bonds. The molecule has 0 bridgehead atoms. The first-order chi connectivity index (χ1) is 21.2. The van der Waals surface area contributed by atoms with Crippen LogP contribution in [0.15, 0.2) is 88.8 Å². The lowest BCUT2D eigenvalue weighted by molar-refractivity contribution is -0.137. The van der Waals surface area contributed by atoms with Gasteiger partial charge in [-0.1, -0.05) is 30.3 Å². The van der Waals surface area contributed by atoms with E-state index in [4.69, 9.17) is 23.7 Å². The van der Waals surface area contributed by atoms with Gasteiger partial charge in [-0.05, 0) is 54.1 Å². The quantitative estimate of drug-likeness (QED) is 0.193. The minimum Gasteiger partial charge on any atom is -0.493 e. The summed E-state index contributed by atoms with van der Waals surface area (Å²) in [5.74, 6) is 2.21. The number of rotatable bonds is 8. The molecule has 9 nitrogen and oxygen atoms in total. The minimum absolute atomic E-state index is 0.0568. The first kappa shape index (κ1) is 28.6. The van der Waals surface area contributed by atoms with Crippen molar-refractivity contribution in [3.8, 4) is 40.1 Å². The Kier molecular flexibility index (Phi) is 7.56. The zero-order chi connectivity index (χ0) is 30.8. The molecule has 12 heteroatoms. The third-order valence-electron chi connectivity index (χ3n) is 6.83. The lowest BCUT2D eigenvalue weighted by atomic mass is 10.1. The Morgan fingerprint density at radius 3 is 2.43 bits per heavy atom. The van der Waals surface area contributed by atoms with Crippen LogP contribution in [0.5, 0.6) is 28.7 Å². The molecule has 0 atom stereocenters. The molecule has 1 aliphatic rings. The Morgan fingerprint density at radius 1 is 0.932 bits per heavy atom. The maximum Gasteiger partial charge on any atom is 0.416 e. The fourth-order valence-electron chi connectivity index (χ4n) is 4.68.